The molecule has 2 aliphatic heterocycles. The molecule has 37 heavy (non-hydrogen) atoms. The number of aliphatic hydroxyl groups is 6. The number of aliphatic hydroxyl groups excluding tert-OH is 6. The zero-order valence-electron chi connectivity index (χ0n) is 20.0. The lowest BCUT2D eigenvalue weighted by atomic mass is 9.60. The van der Waals surface area contributed by atoms with E-state index in [0.29, 0.717) is 18.6 Å². The van der Waals surface area contributed by atoms with Gasteiger partial charge in [-0.25, -0.2) is 0 Å². The third-order valence-corrected chi connectivity index (χ3v) is 8.18. The minimum absolute atomic E-state index is 0.0625. The molecule has 1 aromatic carbocycles. The highest BCUT2D eigenvalue weighted by molar-refractivity contribution is 6.06. The van der Waals surface area contributed by atoms with Crippen LogP contribution in [0.15, 0.2) is 35.5 Å². The maximum absolute atomic E-state index is 13.5. The summed E-state index contributed by atoms with van der Waals surface area (Å²) in [6, 6.07) is 9.14. The molecular formula is C25H32N2O10. The van der Waals surface area contributed by atoms with Crippen molar-refractivity contribution in [2.24, 2.45) is 28.8 Å². The van der Waals surface area contributed by atoms with E-state index >= 15 is 0 Å². The highest BCUT2D eigenvalue weighted by Crippen LogP contribution is 2.50. The Labute approximate surface area is 212 Å². The summed E-state index contributed by atoms with van der Waals surface area (Å²) in [5.41, 5.74) is 1.14. The molecule has 0 unspecified atom stereocenters. The number of carbonyl (C=O) groups excluding carboxylic acids is 2. The molecule has 6 N–H and O–H groups in total. The monoisotopic (exact) mass is 520 g/mol. The van der Waals surface area contributed by atoms with Crippen molar-refractivity contribution in [2.45, 2.75) is 68.7 Å². The molecule has 5 rings (SSSR count). The van der Waals surface area contributed by atoms with E-state index in [1.165, 1.54) is 4.90 Å². The number of amides is 2. The van der Waals surface area contributed by atoms with Crippen molar-refractivity contribution in [1.82, 2.24) is 4.90 Å². The molecule has 0 bridgehead atoms. The van der Waals surface area contributed by atoms with Crippen LogP contribution in [0.4, 0.5) is 0 Å². The molecule has 2 saturated carbocycles. The summed E-state index contributed by atoms with van der Waals surface area (Å²) in [5, 5.41) is 65.2. The highest BCUT2D eigenvalue weighted by Gasteiger charge is 2.59. The minimum atomic E-state index is -1.66. The number of benzene rings is 1. The van der Waals surface area contributed by atoms with E-state index in [0.717, 1.165) is 5.56 Å². The number of fused-ring (bicyclic) bond motifs is 3. The smallest absolute Gasteiger partial charge is 0.256 e. The van der Waals surface area contributed by atoms with E-state index in [1.807, 2.05) is 30.3 Å². The van der Waals surface area contributed by atoms with Crippen molar-refractivity contribution in [1.29, 1.82) is 0 Å². The molecule has 2 amide bonds. The lowest BCUT2D eigenvalue weighted by molar-refractivity contribution is -0.301. The summed E-state index contributed by atoms with van der Waals surface area (Å²) >= 11 is 0. The van der Waals surface area contributed by atoms with Gasteiger partial charge in [0, 0.05) is 18.3 Å². The lowest BCUT2D eigenvalue weighted by Gasteiger charge is -2.45. The number of hydrogen-bond donors (Lipinski definition) is 6. The summed E-state index contributed by atoms with van der Waals surface area (Å²) in [5.74, 6) is -3.35. The molecule has 4 fully saturated rings. The second-order valence-electron chi connectivity index (χ2n) is 10.3. The first-order chi connectivity index (χ1) is 17.7. The number of nitrogens with zero attached hydrogens (tertiary/aromatic N) is 2. The number of imide groups is 1. The summed E-state index contributed by atoms with van der Waals surface area (Å²) < 4.78 is 5.32. The number of hydrogen-bond acceptors (Lipinski definition) is 11. The van der Waals surface area contributed by atoms with Crippen molar-refractivity contribution >= 4 is 17.5 Å². The third kappa shape index (κ3) is 4.56. The Morgan fingerprint density at radius 3 is 2.32 bits per heavy atom. The molecule has 0 aromatic heterocycles. The zero-order valence-corrected chi connectivity index (χ0v) is 20.0. The Kier molecular flexibility index (Phi) is 7.33. The minimum Gasteiger partial charge on any atom is -0.394 e. The number of oxime groups is 1. The molecule has 0 spiro atoms. The van der Waals surface area contributed by atoms with Gasteiger partial charge in [-0.3, -0.25) is 14.5 Å². The molecule has 2 aliphatic carbocycles. The van der Waals surface area contributed by atoms with Gasteiger partial charge < -0.3 is 40.2 Å². The van der Waals surface area contributed by atoms with Crippen LogP contribution in [-0.2, 0) is 25.7 Å². The molecule has 11 atom stereocenters. The molecule has 2 heterocycles. The Bertz CT molecular complexity index is 1040. The number of likely N-dealkylation sites (tertiary alicyclic amines) is 1. The second kappa shape index (κ2) is 10.4. The Balaban J connectivity index is 1.37. The number of ether oxygens (including phenoxy) is 1. The van der Waals surface area contributed by atoms with Crippen LogP contribution in [-0.4, -0.2) is 103 Å². The van der Waals surface area contributed by atoms with Crippen molar-refractivity contribution in [3.63, 3.8) is 0 Å². The third-order valence-electron chi connectivity index (χ3n) is 8.18. The van der Waals surface area contributed by atoms with Gasteiger partial charge in [0.05, 0.1) is 42.9 Å². The molecule has 2 saturated heterocycles. The van der Waals surface area contributed by atoms with Gasteiger partial charge in [0.1, 0.15) is 24.4 Å². The number of rotatable bonds is 5. The molecular weight excluding hydrogens is 488 g/mol. The molecule has 12 heteroatoms. The largest absolute Gasteiger partial charge is 0.394 e. The second-order valence-corrected chi connectivity index (χ2v) is 10.3. The van der Waals surface area contributed by atoms with Gasteiger partial charge in [0.15, 0.2) is 0 Å². The molecule has 12 nitrogen and oxygen atoms in total. The van der Waals surface area contributed by atoms with Crippen molar-refractivity contribution in [2.75, 3.05) is 6.61 Å². The average molecular weight is 521 g/mol. The molecule has 4 aliphatic rings. The fourth-order valence-corrected chi connectivity index (χ4v) is 6.24. The standard InChI is InChI=1S/C25H32N2O10/c28-10-16-20(31)21(32)22(33)25(36-16)37-26-14-8-15(29)19(30)17-12(14)6-7-13-18(17)24(35)27(23(13)34)9-11-4-2-1-3-5-11/h1-5,12-13,15-22,25,28-33H,6-10H2/t12-,13-,15-,16-,17+,18-,19-,20-,21+,22-,25+/m1/s1. The SMILES string of the molecule is O=C1[C@H]2[C@H]3[C@H](O)[C@H](O)CC(=NO[C@@H]4O[C@H](CO)[C@@H](O)[C@H](O)[C@H]4O)[C@H]3CC[C@H]2C(=O)N1Cc1ccccc1. The fourth-order valence-electron chi connectivity index (χ4n) is 6.24. The van der Waals surface area contributed by atoms with Crippen LogP contribution in [0, 0.1) is 23.7 Å². The van der Waals surface area contributed by atoms with Gasteiger partial charge >= 0.3 is 0 Å². The van der Waals surface area contributed by atoms with Gasteiger partial charge in [-0.2, -0.15) is 0 Å². The Morgan fingerprint density at radius 1 is 0.919 bits per heavy atom. The van der Waals surface area contributed by atoms with Gasteiger partial charge in [-0.15, -0.1) is 0 Å². The normalized spacial score (nSPS) is 43.0. The molecule has 202 valence electrons. The van der Waals surface area contributed by atoms with Crippen molar-refractivity contribution in [3.8, 4) is 0 Å². The van der Waals surface area contributed by atoms with Crippen LogP contribution in [0.25, 0.3) is 0 Å². The van der Waals surface area contributed by atoms with Crippen LogP contribution >= 0.6 is 0 Å². The van der Waals surface area contributed by atoms with Gasteiger partial charge in [0.2, 0.25) is 11.8 Å². The first kappa shape index (κ1) is 26.2. The Morgan fingerprint density at radius 2 is 1.62 bits per heavy atom. The quantitative estimate of drug-likeness (QED) is 0.189. The summed E-state index contributed by atoms with van der Waals surface area (Å²) in [6.07, 6.45) is -9.30. The lowest BCUT2D eigenvalue weighted by Crippen LogP contribution is -2.59. The average Bonchev–Trinajstić information content (AvgIpc) is 3.14. The summed E-state index contributed by atoms with van der Waals surface area (Å²) in [4.78, 5) is 33.2. The topological polar surface area (TPSA) is 190 Å². The molecule has 0 radical (unpaired) electrons. The Hall–Kier alpha value is -2.45. The number of carbonyl (C=O) groups is 2. The van der Waals surface area contributed by atoms with Crippen LogP contribution in [0.3, 0.4) is 0 Å². The first-order valence-corrected chi connectivity index (χ1v) is 12.5. The van der Waals surface area contributed by atoms with Crippen molar-refractivity contribution < 1.29 is 49.8 Å². The fraction of sp³-hybridized carbons (Fsp3) is 0.640. The molecule has 1 aromatic rings. The maximum Gasteiger partial charge on any atom is 0.256 e. The van der Waals surface area contributed by atoms with E-state index in [4.69, 9.17) is 9.57 Å². The first-order valence-electron chi connectivity index (χ1n) is 12.5. The van der Waals surface area contributed by atoms with Gasteiger partial charge in [-0.05, 0) is 18.4 Å². The van der Waals surface area contributed by atoms with Gasteiger partial charge in [-0.1, -0.05) is 35.5 Å². The van der Waals surface area contributed by atoms with Gasteiger partial charge in [0.25, 0.3) is 6.29 Å². The summed E-state index contributed by atoms with van der Waals surface area (Å²) in [7, 11) is 0. The van der Waals surface area contributed by atoms with Crippen LogP contribution in [0.5, 0.6) is 0 Å². The maximum atomic E-state index is 13.5. The van der Waals surface area contributed by atoms with E-state index < -0.39 is 79.1 Å². The predicted octanol–water partition coefficient (Wildman–Crippen LogP) is -1.89. The van der Waals surface area contributed by atoms with Crippen LogP contribution in [0.2, 0.25) is 0 Å². The highest BCUT2D eigenvalue weighted by atomic mass is 16.8. The van der Waals surface area contributed by atoms with Crippen molar-refractivity contribution in [3.05, 3.63) is 35.9 Å². The van der Waals surface area contributed by atoms with Crippen LogP contribution < -0.4 is 0 Å². The van der Waals surface area contributed by atoms with E-state index in [-0.39, 0.29) is 18.9 Å². The zero-order chi connectivity index (χ0) is 26.4. The van der Waals surface area contributed by atoms with Crippen LogP contribution in [0.1, 0.15) is 24.8 Å². The van der Waals surface area contributed by atoms with E-state index in [1.54, 1.807) is 0 Å². The predicted molar refractivity (Wildman–Crippen MR) is 124 cm³/mol. The summed E-state index contributed by atoms with van der Waals surface area (Å²) in [6.45, 7) is -0.502. The van der Waals surface area contributed by atoms with E-state index in [2.05, 4.69) is 5.16 Å². The van der Waals surface area contributed by atoms with E-state index in [9.17, 15) is 40.2 Å².